The number of hydrogen-bond donors (Lipinski definition) is 1. The van der Waals surface area contributed by atoms with Gasteiger partial charge in [-0.05, 0) is 53.8 Å². The second-order valence-corrected chi connectivity index (χ2v) is 8.01. The van der Waals surface area contributed by atoms with Crippen molar-refractivity contribution in [1.82, 2.24) is 9.62 Å². The molecule has 2 aliphatic rings. The molecule has 0 spiro atoms. The maximum absolute atomic E-state index is 5.54. The van der Waals surface area contributed by atoms with Crippen LogP contribution in [0.1, 0.15) is 11.1 Å². The molecular weight excluding hydrogens is 358 g/mol. The fraction of sp³-hybridized carbons (Fsp3) is 0.429. The lowest BCUT2D eigenvalue weighted by Crippen LogP contribution is -2.44. The molecule has 0 aliphatic carbocycles. The predicted molar refractivity (Wildman–Crippen MR) is 111 cm³/mol. The molecule has 0 atom stereocenters. The third kappa shape index (κ3) is 4.03. The Bertz CT molecular complexity index is 793. The molecule has 0 unspecified atom stereocenters. The largest absolute Gasteiger partial charge is 0.497 e. The number of fused-ring (bicyclic) bond motifs is 1. The molecule has 0 bridgehead atoms. The summed E-state index contributed by atoms with van der Waals surface area (Å²) in [5, 5.41) is 3.44. The molecule has 2 heterocycles. The van der Waals surface area contributed by atoms with Crippen LogP contribution in [0.3, 0.4) is 0 Å². The zero-order valence-electron chi connectivity index (χ0n) is 16.0. The molecule has 2 aromatic rings. The van der Waals surface area contributed by atoms with Crippen LogP contribution in [-0.4, -0.2) is 51.2 Å². The van der Waals surface area contributed by atoms with Gasteiger partial charge in [-0.15, -0.1) is 0 Å². The fourth-order valence-corrected chi connectivity index (χ4v) is 4.91. The van der Waals surface area contributed by atoms with E-state index in [0.717, 1.165) is 62.1 Å². The Balaban J connectivity index is 1.52. The van der Waals surface area contributed by atoms with Gasteiger partial charge in [0.05, 0.1) is 19.1 Å². The molecule has 2 aromatic carbocycles. The number of nitrogens with zero attached hydrogens (tertiary/aromatic N) is 2. The second kappa shape index (κ2) is 8.42. The molecule has 1 fully saturated rings. The summed E-state index contributed by atoms with van der Waals surface area (Å²) >= 11 is 1.76. The number of benzene rings is 2. The summed E-state index contributed by atoms with van der Waals surface area (Å²) < 4.78 is 13.3. The molecule has 0 radical (unpaired) electrons. The van der Waals surface area contributed by atoms with E-state index in [-0.39, 0.29) is 0 Å². The van der Waals surface area contributed by atoms with Gasteiger partial charge in [-0.2, -0.15) is 0 Å². The molecular formula is C21H27N3O2S. The SMILES string of the molecule is COc1ccc(OC)c(SN2CCc3c(cccc3N3CCNCC3)C2)c1. The number of methoxy groups -OCH3 is 2. The third-order valence-corrected chi connectivity index (χ3v) is 6.35. The van der Waals surface area contributed by atoms with Crippen LogP contribution in [0, 0.1) is 0 Å². The number of nitrogens with one attached hydrogen (secondary N) is 1. The molecule has 2 aliphatic heterocycles. The molecule has 1 saturated heterocycles. The van der Waals surface area contributed by atoms with Gasteiger partial charge < -0.3 is 19.7 Å². The van der Waals surface area contributed by atoms with Crippen molar-refractivity contribution in [3.8, 4) is 11.5 Å². The highest BCUT2D eigenvalue weighted by atomic mass is 32.2. The minimum atomic E-state index is 0.858. The van der Waals surface area contributed by atoms with Gasteiger partial charge in [-0.3, -0.25) is 0 Å². The molecule has 5 nitrogen and oxygen atoms in total. The van der Waals surface area contributed by atoms with Gasteiger partial charge in [-0.1, -0.05) is 12.1 Å². The van der Waals surface area contributed by atoms with Crippen molar-refractivity contribution in [3.63, 3.8) is 0 Å². The van der Waals surface area contributed by atoms with E-state index in [4.69, 9.17) is 9.47 Å². The lowest BCUT2D eigenvalue weighted by atomic mass is 9.98. The van der Waals surface area contributed by atoms with E-state index in [2.05, 4.69) is 38.8 Å². The monoisotopic (exact) mass is 385 g/mol. The number of anilines is 1. The standard InChI is InChI=1S/C21H27N3O2S/c1-25-17-6-7-20(26-2)21(14-17)27-24-11-8-18-16(15-24)4-3-5-19(18)23-12-9-22-10-13-23/h3-7,14,22H,8-13,15H2,1-2H3. The highest BCUT2D eigenvalue weighted by molar-refractivity contribution is 7.97. The van der Waals surface area contributed by atoms with E-state index >= 15 is 0 Å². The van der Waals surface area contributed by atoms with Crippen molar-refractivity contribution in [2.45, 2.75) is 17.9 Å². The van der Waals surface area contributed by atoms with Crippen LogP contribution >= 0.6 is 11.9 Å². The second-order valence-electron chi connectivity index (χ2n) is 6.87. The van der Waals surface area contributed by atoms with Crippen molar-refractivity contribution in [2.75, 3.05) is 51.8 Å². The van der Waals surface area contributed by atoms with Crippen LogP contribution in [-0.2, 0) is 13.0 Å². The van der Waals surface area contributed by atoms with Crippen LogP contribution in [0.4, 0.5) is 5.69 Å². The van der Waals surface area contributed by atoms with Gasteiger partial charge in [0.1, 0.15) is 11.5 Å². The zero-order chi connectivity index (χ0) is 18.6. The Kier molecular flexibility index (Phi) is 5.76. The first-order valence-electron chi connectivity index (χ1n) is 9.50. The first kappa shape index (κ1) is 18.5. The van der Waals surface area contributed by atoms with Gasteiger partial charge >= 0.3 is 0 Å². The Morgan fingerprint density at radius 1 is 1.00 bits per heavy atom. The van der Waals surface area contributed by atoms with Gasteiger partial charge in [0.25, 0.3) is 0 Å². The topological polar surface area (TPSA) is 37.0 Å². The normalized spacial score (nSPS) is 17.5. The van der Waals surface area contributed by atoms with Crippen LogP contribution < -0.4 is 19.7 Å². The maximum atomic E-state index is 5.54. The molecule has 0 saturated carbocycles. The summed E-state index contributed by atoms with van der Waals surface area (Å²) in [5.74, 6) is 1.75. The molecule has 6 heteroatoms. The van der Waals surface area contributed by atoms with Gasteiger partial charge in [0.15, 0.2) is 0 Å². The molecule has 144 valence electrons. The van der Waals surface area contributed by atoms with E-state index in [9.17, 15) is 0 Å². The Morgan fingerprint density at radius 3 is 2.63 bits per heavy atom. The summed E-state index contributed by atoms with van der Waals surface area (Å²) in [7, 11) is 3.42. The Hall–Kier alpha value is -1.89. The molecule has 0 amide bonds. The predicted octanol–water partition coefficient (Wildman–Crippen LogP) is 3.18. The number of piperazine rings is 1. The highest BCUT2D eigenvalue weighted by Crippen LogP contribution is 2.38. The van der Waals surface area contributed by atoms with Crippen molar-refractivity contribution in [3.05, 3.63) is 47.5 Å². The zero-order valence-corrected chi connectivity index (χ0v) is 16.8. The minimum absolute atomic E-state index is 0.858. The lowest BCUT2D eigenvalue weighted by Gasteiger charge is -2.35. The first-order chi connectivity index (χ1) is 13.3. The van der Waals surface area contributed by atoms with Crippen molar-refractivity contribution >= 4 is 17.6 Å². The number of rotatable bonds is 5. The highest BCUT2D eigenvalue weighted by Gasteiger charge is 2.23. The first-order valence-corrected chi connectivity index (χ1v) is 10.3. The summed E-state index contributed by atoms with van der Waals surface area (Å²) in [6.07, 6.45) is 1.08. The van der Waals surface area contributed by atoms with Crippen LogP contribution in [0.5, 0.6) is 11.5 Å². The van der Waals surface area contributed by atoms with Crippen molar-refractivity contribution in [2.24, 2.45) is 0 Å². The average molecular weight is 386 g/mol. The summed E-state index contributed by atoms with van der Waals surface area (Å²) in [6.45, 7) is 6.30. The van der Waals surface area contributed by atoms with E-state index < -0.39 is 0 Å². The molecule has 1 N–H and O–H groups in total. The summed E-state index contributed by atoms with van der Waals surface area (Å²) in [5.41, 5.74) is 4.39. The summed E-state index contributed by atoms with van der Waals surface area (Å²) in [6, 6.07) is 12.7. The maximum Gasteiger partial charge on any atom is 0.134 e. The molecule has 0 aromatic heterocycles. The van der Waals surface area contributed by atoms with Crippen LogP contribution in [0.15, 0.2) is 41.3 Å². The Labute approximate surface area is 165 Å². The average Bonchev–Trinajstić information content (AvgIpc) is 2.73. The van der Waals surface area contributed by atoms with E-state index in [1.165, 1.54) is 16.8 Å². The summed E-state index contributed by atoms with van der Waals surface area (Å²) in [4.78, 5) is 3.63. The third-order valence-electron chi connectivity index (χ3n) is 5.26. The Morgan fingerprint density at radius 2 is 1.85 bits per heavy atom. The van der Waals surface area contributed by atoms with Crippen molar-refractivity contribution < 1.29 is 9.47 Å². The molecule has 4 rings (SSSR count). The van der Waals surface area contributed by atoms with E-state index in [1.54, 1.807) is 26.2 Å². The van der Waals surface area contributed by atoms with Crippen molar-refractivity contribution in [1.29, 1.82) is 0 Å². The number of hydrogen-bond acceptors (Lipinski definition) is 6. The fourth-order valence-electron chi connectivity index (χ4n) is 3.84. The van der Waals surface area contributed by atoms with Gasteiger partial charge in [0, 0.05) is 45.0 Å². The van der Waals surface area contributed by atoms with E-state index in [1.807, 2.05) is 12.1 Å². The quantitative estimate of drug-likeness (QED) is 0.797. The smallest absolute Gasteiger partial charge is 0.134 e. The molecule has 27 heavy (non-hydrogen) atoms. The number of ether oxygens (including phenoxy) is 2. The van der Waals surface area contributed by atoms with Gasteiger partial charge in [0.2, 0.25) is 0 Å². The lowest BCUT2D eigenvalue weighted by molar-refractivity contribution is 0.391. The van der Waals surface area contributed by atoms with Gasteiger partial charge in [-0.25, -0.2) is 4.31 Å². The minimum Gasteiger partial charge on any atom is -0.497 e. The van der Waals surface area contributed by atoms with E-state index in [0.29, 0.717) is 0 Å². The van der Waals surface area contributed by atoms with Crippen LogP contribution in [0.25, 0.3) is 0 Å². The van der Waals surface area contributed by atoms with Crippen LogP contribution in [0.2, 0.25) is 0 Å².